The first-order valence-corrected chi connectivity index (χ1v) is 6.07. The summed E-state index contributed by atoms with van der Waals surface area (Å²) in [5.74, 6) is 0. The molecular weight excluding hydrogens is 246 g/mol. The summed E-state index contributed by atoms with van der Waals surface area (Å²) in [4.78, 5) is 4.35. The number of benzene rings is 2. The molecule has 2 aromatic heterocycles. The minimum atomic E-state index is 0.604. The van der Waals surface area contributed by atoms with Gasteiger partial charge in [0.25, 0.3) is 0 Å². The molecule has 0 fully saturated rings. The molecule has 0 aliphatic carbocycles. The summed E-state index contributed by atoms with van der Waals surface area (Å²) in [6.45, 7) is 0. The Kier molecular flexibility index (Phi) is 1.91. The van der Waals surface area contributed by atoms with E-state index in [2.05, 4.69) is 4.98 Å². The molecule has 0 aliphatic heterocycles. The number of pyridine rings is 1. The Balaban J connectivity index is 2.41. The molecule has 0 amide bonds. The second-order valence-corrected chi connectivity index (χ2v) is 4.64. The van der Waals surface area contributed by atoms with Crippen LogP contribution in [0.15, 0.2) is 53.1 Å². The number of para-hydroxylation sites is 1. The number of hydrogen-bond donors (Lipinski definition) is 0. The van der Waals surface area contributed by atoms with E-state index in [9.17, 15) is 0 Å². The quantitative estimate of drug-likeness (QED) is 0.450. The van der Waals surface area contributed by atoms with Crippen LogP contribution in [-0.4, -0.2) is 4.98 Å². The summed E-state index contributed by atoms with van der Waals surface area (Å²) in [6.07, 6.45) is 1.77. The number of rotatable bonds is 0. The maximum atomic E-state index is 6.27. The molecule has 86 valence electrons. The molecule has 2 aromatic carbocycles. The number of halogens is 1. The Bertz CT molecular complexity index is 895. The zero-order chi connectivity index (χ0) is 12.1. The first kappa shape index (κ1) is 9.92. The zero-order valence-electron chi connectivity index (χ0n) is 9.35. The van der Waals surface area contributed by atoms with Gasteiger partial charge >= 0.3 is 0 Å². The summed E-state index contributed by atoms with van der Waals surface area (Å²) >= 11 is 6.27. The first-order valence-electron chi connectivity index (χ1n) is 5.69. The van der Waals surface area contributed by atoms with E-state index >= 15 is 0 Å². The molecule has 2 nitrogen and oxygen atoms in total. The van der Waals surface area contributed by atoms with Gasteiger partial charge in [0.1, 0.15) is 5.58 Å². The van der Waals surface area contributed by atoms with Crippen LogP contribution in [0.25, 0.3) is 32.8 Å². The number of hydrogen-bond acceptors (Lipinski definition) is 2. The minimum absolute atomic E-state index is 0.604. The van der Waals surface area contributed by atoms with E-state index in [0.29, 0.717) is 5.02 Å². The van der Waals surface area contributed by atoms with Gasteiger partial charge in [-0.3, -0.25) is 4.98 Å². The fourth-order valence-corrected chi connectivity index (χ4v) is 2.65. The Hall–Kier alpha value is -2.06. The molecule has 4 aromatic rings. The van der Waals surface area contributed by atoms with Gasteiger partial charge in [-0.2, -0.15) is 0 Å². The molecule has 4 rings (SSSR count). The molecule has 18 heavy (non-hydrogen) atoms. The summed E-state index contributed by atoms with van der Waals surface area (Å²) in [5, 5.41) is 3.79. The van der Waals surface area contributed by atoms with Crippen molar-refractivity contribution in [1.29, 1.82) is 0 Å². The van der Waals surface area contributed by atoms with Gasteiger partial charge < -0.3 is 4.42 Å². The van der Waals surface area contributed by atoms with Gasteiger partial charge in [0.2, 0.25) is 0 Å². The van der Waals surface area contributed by atoms with Gasteiger partial charge in [0.15, 0.2) is 5.58 Å². The number of fused-ring (bicyclic) bond motifs is 5. The third-order valence-electron chi connectivity index (χ3n) is 3.18. The van der Waals surface area contributed by atoms with E-state index in [0.717, 1.165) is 32.8 Å². The Morgan fingerprint density at radius 3 is 2.78 bits per heavy atom. The van der Waals surface area contributed by atoms with E-state index in [1.54, 1.807) is 6.20 Å². The molecule has 0 saturated heterocycles. The largest absolute Gasteiger partial charge is 0.454 e. The molecule has 0 unspecified atom stereocenters. The van der Waals surface area contributed by atoms with Gasteiger partial charge in [-0.1, -0.05) is 35.9 Å². The van der Waals surface area contributed by atoms with Crippen molar-refractivity contribution in [3.63, 3.8) is 0 Å². The SMILES string of the molecule is Clc1cc2ncccc2c2c1oc1ccccc12. The standard InChI is InChI=1S/C15H8ClNO/c16-11-8-12-9(5-3-7-17-12)14-10-4-1-2-6-13(10)18-15(11)14/h1-8H. The van der Waals surface area contributed by atoms with Crippen molar-refractivity contribution < 1.29 is 4.42 Å². The van der Waals surface area contributed by atoms with Gasteiger partial charge in [0, 0.05) is 22.4 Å². The molecule has 0 N–H and O–H groups in total. The lowest BCUT2D eigenvalue weighted by Gasteiger charge is -1.99. The van der Waals surface area contributed by atoms with Crippen LogP contribution in [0.2, 0.25) is 5.02 Å². The molecule has 0 atom stereocenters. The highest BCUT2D eigenvalue weighted by molar-refractivity contribution is 6.38. The predicted molar refractivity (Wildman–Crippen MR) is 74.0 cm³/mol. The molecular formula is C15H8ClNO. The van der Waals surface area contributed by atoms with Crippen LogP contribution in [0.4, 0.5) is 0 Å². The van der Waals surface area contributed by atoms with Crippen LogP contribution in [-0.2, 0) is 0 Å². The summed E-state index contributed by atoms with van der Waals surface area (Å²) in [7, 11) is 0. The molecule has 2 heterocycles. The van der Waals surface area contributed by atoms with Crippen LogP contribution in [0, 0.1) is 0 Å². The molecule has 0 radical (unpaired) electrons. The van der Waals surface area contributed by atoms with Crippen LogP contribution >= 0.6 is 11.6 Å². The Morgan fingerprint density at radius 1 is 1.00 bits per heavy atom. The van der Waals surface area contributed by atoms with Crippen molar-refractivity contribution in [2.45, 2.75) is 0 Å². The van der Waals surface area contributed by atoms with Gasteiger partial charge in [-0.25, -0.2) is 0 Å². The highest BCUT2D eigenvalue weighted by Crippen LogP contribution is 2.37. The van der Waals surface area contributed by atoms with Crippen molar-refractivity contribution in [3.05, 3.63) is 53.7 Å². The molecule has 3 heteroatoms. The van der Waals surface area contributed by atoms with E-state index in [4.69, 9.17) is 16.0 Å². The van der Waals surface area contributed by atoms with Crippen LogP contribution in [0.5, 0.6) is 0 Å². The van der Waals surface area contributed by atoms with Crippen molar-refractivity contribution in [1.82, 2.24) is 4.98 Å². The third-order valence-corrected chi connectivity index (χ3v) is 3.46. The highest BCUT2D eigenvalue weighted by Gasteiger charge is 2.13. The zero-order valence-corrected chi connectivity index (χ0v) is 10.1. The second kappa shape index (κ2) is 3.47. The summed E-state index contributed by atoms with van der Waals surface area (Å²) < 4.78 is 5.83. The average molecular weight is 254 g/mol. The topological polar surface area (TPSA) is 26.0 Å². The molecule has 0 bridgehead atoms. The number of aromatic nitrogens is 1. The van der Waals surface area contributed by atoms with Crippen LogP contribution in [0.1, 0.15) is 0 Å². The van der Waals surface area contributed by atoms with Gasteiger partial charge in [-0.05, 0) is 18.2 Å². The summed E-state index contributed by atoms with van der Waals surface area (Å²) in [5.41, 5.74) is 2.48. The minimum Gasteiger partial charge on any atom is -0.454 e. The predicted octanol–water partition coefficient (Wildman–Crippen LogP) is 4.79. The Morgan fingerprint density at radius 2 is 1.83 bits per heavy atom. The molecule has 0 saturated carbocycles. The molecule has 0 spiro atoms. The van der Waals surface area contributed by atoms with Crippen molar-refractivity contribution in [2.75, 3.05) is 0 Å². The lowest BCUT2D eigenvalue weighted by atomic mass is 10.1. The van der Waals surface area contributed by atoms with E-state index in [1.165, 1.54) is 0 Å². The van der Waals surface area contributed by atoms with Crippen molar-refractivity contribution in [2.24, 2.45) is 0 Å². The third kappa shape index (κ3) is 1.21. The number of furan rings is 1. The van der Waals surface area contributed by atoms with Crippen LogP contribution < -0.4 is 0 Å². The van der Waals surface area contributed by atoms with Crippen LogP contribution in [0.3, 0.4) is 0 Å². The van der Waals surface area contributed by atoms with E-state index in [-0.39, 0.29) is 0 Å². The van der Waals surface area contributed by atoms with Gasteiger partial charge in [-0.15, -0.1) is 0 Å². The fraction of sp³-hybridized carbons (Fsp3) is 0. The van der Waals surface area contributed by atoms with Crippen molar-refractivity contribution in [3.8, 4) is 0 Å². The normalized spacial score (nSPS) is 11.6. The lowest BCUT2D eigenvalue weighted by molar-refractivity contribution is 0.669. The highest BCUT2D eigenvalue weighted by atomic mass is 35.5. The smallest absolute Gasteiger partial charge is 0.154 e. The maximum absolute atomic E-state index is 6.27. The monoisotopic (exact) mass is 253 g/mol. The second-order valence-electron chi connectivity index (χ2n) is 4.23. The van der Waals surface area contributed by atoms with Gasteiger partial charge in [0.05, 0.1) is 10.5 Å². The fourth-order valence-electron chi connectivity index (χ4n) is 2.41. The first-order chi connectivity index (χ1) is 8.84. The molecule has 0 aliphatic rings. The number of nitrogens with zero attached hydrogens (tertiary/aromatic N) is 1. The maximum Gasteiger partial charge on any atom is 0.154 e. The van der Waals surface area contributed by atoms with E-state index < -0.39 is 0 Å². The van der Waals surface area contributed by atoms with Crippen molar-refractivity contribution >= 4 is 44.4 Å². The summed E-state index contributed by atoms with van der Waals surface area (Å²) in [6, 6.07) is 13.8. The lowest BCUT2D eigenvalue weighted by Crippen LogP contribution is -1.79. The average Bonchev–Trinajstić information content (AvgIpc) is 2.79. The van der Waals surface area contributed by atoms with E-state index in [1.807, 2.05) is 42.5 Å². The Labute approximate surface area is 108 Å².